The van der Waals surface area contributed by atoms with Gasteiger partial charge in [-0.3, -0.25) is 4.98 Å². The molecule has 1 saturated carbocycles. The van der Waals surface area contributed by atoms with Crippen LogP contribution >= 0.6 is 0 Å². The number of anilines is 2. The van der Waals surface area contributed by atoms with E-state index in [4.69, 9.17) is 0 Å². The standard InChI is InChI=1S/C15H19N5/c1-11-9-18-15(10-17-11)20-13-6-5-12(8-13)19-14-4-2-3-7-16-14/h2-4,7,9-10,12-13H,5-6,8H2,1H3,(H,16,19)(H,18,20)/t12-,13-/m0/s1. The van der Waals surface area contributed by atoms with Crippen LogP contribution in [0.2, 0.25) is 0 Å². The zero-order valence-corrected chi connectivity index (χ0v) is 11.6. The van der Waals surface area contributed by atoms with Crippen molar-refractivity contribution in [2.24, 2.45) is 0 Å². The van der Waals surface area contributed by atoms with Crippen LogP contribution < -0.4 is 10.6 Å². The summed E-state index contributed by atoms with van der Waals surface area (Å²) in [6.07, 6.45) is 8.77. The van der Waals surface area contributed by atoms with E-state index in [0.29, 0.717) is 12.1 Å². The molecule has 0 saturated heterocycles. The molecule has 1 fully saturated rings. The molecule has 0 radical (unpaired) electrons. The molecule has 20 heavy (non-hydrogen) atoms. The number of aromatic nitrogens is 3. The van der Waals surface area contributed by atoms with Gasteiger partial charge in [-0.05, 0) is 38.3 Å². The number of pyridine rings is 1. The van der Waals surface area contributed by atoms with E-state index in [1.54, 1.807) is 12.4 Å². The SMILES string of the molecule is Cc1cnc(N[C@H]2CC[C@H](Nc3ccccn3)C2)cn1. The molecule has 5 heteroatoms. The number of rotatable bonds is 4. The molecule has 0 bridgehead atoms. The Kier molecular flexibility index (Phi) is 3.76. The second-order valence-electron chi connectivity index (χ2n) is 5.25. The van der Waals surface area contributed by atoms with Crippen molar-refractivity contribution in [3.05, 3.63) is 42.5 Å². The van der Waals surface area contributed by atoms with Crippen LogP contribution in [0.3, 0.4) is 0 Å². The van der Waals surface area contributed by atoms with Crippen molar-refractivity contribution in [2.75, 3.05) is 10.6 Å². The molecule has 0 spiro atoms. The van der Waals surface area contributed by atoms with Gasteiger partial charge in [-0.1, -0.05) is 6.07 Å². The van der Waals surface area contributed by atoms with Gasteiger partial charge in [0.15, 0.2) is 0 Å². The number of hydrogen-bond acceptors (Lipinski definition) is 5. The molecular formula is C15H19N5. The highest BCUT2D eigenvalue weighted by Crippen LogP contribution is 2.24. The van der Waals surface area contributed by atoms with Gasteiger partial charge in [0.25, 0.3) is 0 Å². The van der Waals surface area contributed by atoms with Crippen molar-refractivity contribution >= 4 is 11.6 Å². The van der Waals surface area contributed by atoms with Crippen LogP contribution in [0.1, 0.15) is 25.0 Å². The van der Waals surface area contributed by atoms with Crippen LogP contribution in [-0.4, -0.2) is 27.0 Å². The van der Waals surface area contributed by atoms with Gasteiger partial charge in [0.05, 0.1) is 18.1 Å². The van der Waals surface area contributed by atoms with Crippen molar-refractivity contribution < 1.29 is 0 Å². The summed E-state index contributed by atoms with van der Waals surface area (Å²) in [7, 11) is 0. The van der Waals surface area contributed by atoms with E-state index in [-0.39, 0.29) is 0 Å². The summed E-state index contributed by atoms with van der Waals surface area (Å²) >= 11 is 0. The number of aryl methyl sites for hydroxylation is 1. The Balaban J connectivity index is 1.53. The molecule has 3 rings (SSSR count). The third-order valence-electron chi connectivity index (χ3n) is 3.58. The molecule has 2 atom stereocenters. The van der Waals surface area contributed by atoms with Crippen molar-refractivity contribution in [3.8, 4) is 0 Å². The Bertz CT molecular complexity index is 540. The van der Waals surface area contributed by atoms with Gasteiger partial charge in [0.1, 0.15) is 11.6 Å². The fourth-order valence-electron chi connectivity index (χ4n) is 2.58. The smallest absolute Gasteiger partial charge is 0.144 e. The predicted molar refractivity (Wildman–Crippen MR) is 79.7 cm³/mol. The molecule has 1 aliphatic carbocycles. The fourth-order valence-corrected chi connectivity index (χ4v) is 2.58. The highest BCUT2D eigenvalue weighted by atomic mass is 15.1. The second kappa shape index (κ2) is 5.86. The molecule has 2 heterocycles. The first kappa shape index (κ1) is 12.8. The Labute approximate surface area is 118 Å². The summed E-state index contributed by atoms with van der Waals surface area (Å²) in [5.74, 6) is 1.81. The summed E-state index contributed by atoms with van der Waals surface area (Å²) in [6.45, 7) is 1.94. The van der Waals surface area contributed by atoms with E-state index in [1.165, 1.54) is 0 Å². The van der Waals surface area contributed by atoms with Gasteiger partial charge in [-0.25, -0.2) is 9.97 Å². The number of nitrogens with zero attached hydrogens (tertiary/aromatic N) is 3. The molecular weight excluding hydrogens is 250 g/mol. The minimum Gasteiger partial charge on any atom is -0.367 e. The minimum absolute atomic E-state index is 0.452. The Hall–Kier alpha value is -2.17. The molecule has 104 valence electrons. The first-order valence-electron chi connectivity index (χ1n) is 7.02. The van der Waals surface area contributed by atoms with Gasteiger partial charge >= 0.3 is 0 Å². The summed E-state index contributed by atoms with van der Waals surface area (Å²) in [5.41, 5.74) is 0.941. The monoisotopic (exact) mass is 269 g/mol. The average molecular weight is 269 g/mol. The molecule has 2 aromatic heterocycles. The number of hydrogen-bond donors (Lipinski definition) is 2. The van der Waals surface area contributed by atoms with Crippen LogP contribution in [0.4, 0.5) is 11.6 Å². The lowest BCUT2D eigenvalue weighted by Gasteiger charge is -2.15. The lowest BCUT2D eigenvalue weighted by molar-refractivity contribution is 0.719. The summed E-state index contributed by atoms with van der Waals surface area (Å²) < 4.78 is 0. The topological polar surface area (TPSA) is 62.7 Å². The Morgan fingerprint density at radius 2 is 1.75 bits per heavy atom. The normalized spacial score (nSPS) is 21.6. The van der Waals surface area contributed by atoms with Gasteiger partial charge in [-0.2, -0.15) is 0 Å². The van der Waals surface area contributed by atoms with E-state index in [0.717, 1.165) is 36.6 Å². The molecule has 0 aromatic carbocycles. The zero-order chi connectivity index (χ0) is 13.8. The Morgan fingerprint density at radius 1 is 0.950 bits per heavy atom. The van der Waals surface area contributed by atoms with Gasteiger partial charge in [0, 0.05) is 18.3 Å². The van der Waals surface area contributed by atoms with E-state index in [2.05, 4.69) is 25.6 Å². The highest BCUT2D eigenvalue weighted by molar-refractivity contribution is 5.37. The lowest BCUT2D eigenvalue weighted by Crippen LogP contribution is -2.21. The van der Waals surface area contributed by atoms with Crippen LogP contribution in [-0.2, 0) is 0 Å². The maximum Gasteiger partial charge on any atom is 0.144 e. The highest BCUT2D eigenvalue weighted by Gasteiger charge is 2.24. The summed E-state index contributed by atoms with van der Waals surface area (Å²) in [4.78, 5) is 12.9. The first-order valence-corrected chi connectivity index (χ1v) is 7.02. The minimum atomic E-state index is 0.452. The van der Waals surface area contributed by atoms with E-state index >= 15 is 0 Å². The van der Waals surface area contributed by atoms with Crippen LogP contribution in [0.5, 0.6) is 0 Å². The maximum atomic E-state index is 4.34. The van der Waals surface area contributed by atoms with E-state index < -0.39 is 0 Å². The van der Waals surface area contributed by atoms with Crippen molar-refractivity contribution in [2.45, 2.75) is 38.3 Å². The summed E-state index contributed by atoms with van der Waals surface area (Å²) in [5, 5.41) is 6.93. The molecule has 2 N–H and O–H groups in total. The van der Waals surface area contributed by atoms with E-state index in [9.17, 15) is 0 Å². The van der Waals surface area contributed by atoms with Gasteiger partial charge in [-0.15, -0.1) is 0 Å². The molecule has 0 amide bonds. The third-order valence-corrected chi connectivity index (χ3v) is 3.58. The molecule has 1 aliphatic rings. The molecule has 0 unspecified atom stereocenters. The quantitative estimate of drug-likeness (QED) is 0.893. The third kappa shape index (κ3) is 3.23. The van der Waals surface area contributed by atoms with Crippen LogP contribution in [0.25, 0.3) is 0 Å². The van der Waals surface area contributed by atoms with Crippen molar-refractivity contribution in [1.29, 1.82) is 0 Å². The Morgan fingerprint density at radius 3 is 2.40 bits per heavy atom. The number of nitrogens with one attached hydrogen (secondary N) is 2. The predicted octanol–water partition coefficient (Wildman–Crippen LogP) is 2.63. The van der Waals surface area contributed by atoms with Crippen LogP contribution in [0, 0.1) is 6.92 Å². The maximum absolute atomic E-state index is 4.34. The van der Waals surface area contributed by atoms with Gasteiger partial charge in [0.2, 0.25) is 0 Å². The zero-order valence-electron chi connectivity index (χ0n) is 11.6. The second-order valence-corrected chi connectivity index (χ2v) is 5.25. The fraction of sp³-hybridized carbons (Fsp3) is 0.400. The molecule has 0 aliphatic heterocycles. The van der Waals surface area contributed by atoms with Crippen molar-refractivity contribution in [1.82, 2.24) is 15.0 Å². The first-order chi connectivity index (χ1) is 9.79. The molecule has 2 aromatic rings. The lowest BCUT2D eigenvalue weighted by atomic mass is 10.2. The van der Waals surface area contributed by atoms with Crippen LogP contribution in [0.15, 0.2) is 36.8 Å². The van der Waals surface area contributed by atoms with Crippen molar-refractivity contribution in [3.63, 3.8) is 0 Å². The van der Waals surface area contributed by atoms with Gasteiger partial charge < -0.3 is 10.6 Å². The summed E-state index contributed by atoms with van der Waals surface area (Å²) in [6, 6.07) is 6.86. The largest absolute Gasteiger partial charge is 0.367 e. The average Bonchev–Trinajstić information content (AvgIpc) is 2.90. The molecule has 5 nitrogen and oxygen atoms in total. The van der Waals surface area contributed by atoms with E-state index in [1.807, 2.05) is 31.3 Å².